The summed E-state index contributed by atoms with van der Waals surface area (Å²) in [5, 5.41) is 2.94. The van der Waals surface area contributed by atoms with E-state index >= 15 is 0 Å². The summed E-state index contributed by atoms with van der Waals surface area (Å²) in [6.07, 6.45) is 1.53. The van der Waals surface area contributed by atoms with Gasteiger partial charge in [0.2, 0.25) is 6.79 Å². The molecule has 2 heterocycles. The van der Waals surface area contributed by atoms with Gasteiger partial charge in [0.05, 0.1) is 15.0 Å². The summed E-state index contributed by atoms with van der Waals surface area (Å²) < 4.78 is 10.5. The van der Waals surface area contributed by atoms with Crippen LogP contribution < -0.4 is 14.8 Å². The van der Waals surface area contributed by atoms with Crippen molar-refractivity contribution in [1.29, 1.82) is 0 Å². The molecule has 0 atom stereocenters. The van der Waals surface area contributed by atoms with Crippen LogP contribution >= 0.6 is 35.0 Å². The van der Waals surface area contributed by atoms with Crippen LogP contribution in [0.25, 0.3) is 6.08 Å². The first-order valence-corrected chi connectivity index (χ1v) is 10.4. The van der Waals surface area contributed by atoms with E-state index in [-0.39, 0.29) is 30.7 Å². The minimum Gasteiger partial charge on any atom is -0.454 e. The van der Waals surface area contributed by atoms with Gasteiger partial charge in [-0.25, -0.2) is 0 Å². The van der Waals surface area contributed by atoms with Crippen molar-refractivity contribution < 1.29 is 23.9 Å². The van der Waals surface area contributed by atoms with Gasteiger partial charge >= 0.3 is 0 Å². The standard InChI is InChI=1S/C20H14Cl2N2O5S/c21-13-3-1-2-11(17(13)22)9-16-19(26)24(20(27)30-16)7-6-23-18(25)12-4-5-14-15(8-12)29-10-28-14/h1-5,8-9H,6-7,10H2,(H,23,25)/b16-9-. The Labute approximate surface area is 185 Å². The molecule has 154 valence electrons. The molecule has 0 aliphatic carbocycles. The molecular formula is C20H14Cl2N2O5S. The molecule has 0 spiro atoms. The molecule has 0 radical (unpaired) electrons. The third-order valence-electron chi connectivity index (χ3n) is 4.40. The van der Waals surface area contributed by atoms with Gasteiger partial charge in [-0.2, -0.15) is 0 Å². The molecule has 0 aromatic heterocycles. The minimum absolute atomic E-state index is 0.0432. The van der Waals surface area contributed by atoms with Crippen LogP contribution in [0.5, 0.6) is 11.5 Å². The van der Waals surface area contributed by atoms with Crippen molar-refractivity contribution in [2.45, 2.75) is 0 Å². The van der Waals surface area contributed by atoms with Gasteiger partial charge in [0.25, 0.3) is 17.1 Å². The van der Waals surface area contributed by atoms with Gasteiger partial charge in [0, 0.05) is 18.7 Å². The van der Waals surface area contributed by atoms with Gasteiger partial charge in [-0.15, -0.1) is 0 Å². The number of thioether (sulfide) groups is 1. The monoisotopic (exact) mass is 464 g/mol. The first-order valence-electron chi connectivity index (χ1n) is 8.81. The SMILES string of the molecule is O=C(NCCN1C(=O)S/C(=C\c2cccc(Cl)c2Cl)C1=O)c1ccc2c(c1)OCO2. The maximum Gasteiger partial charge on any atom is 0.293 e. The molecule has 1 N–H and O–H groups in total. The van der Waals surface area contributed by atoms with Crippen molar-refractivity contribution in [3.05, 3.63) is 62.5 Å². The maximum atomic E-state index is 12.6. The van der Waals surface area contributed by atoms with E-state index in [0.29, 0.717) is 32.7 Å². The fraction of sp³-hybridized carbons (Fsp3) is 0.150. The zero-order chi connectivity index (χ0) is 21.3. The lowest BCUT2D eigenvalue weighted by atomic mass is 10.2. The summed E-state index contributed by atoms with van der Waals surface area (Å²) in [6.45, 7) is 0.269. The number of carbonyl (C=O) groups is 3. The second kappa shape index (κ2) is 8.59. The van der Waals surface area contributed by atoms with Crippen LogP contribution in [0, 0.1) is 0 Å². The molecule has 1 fully saturated rings. The first kappa shape index (κ1) is 20.6. The zero-order valence-corrected chi connectivity index (χ0v) is 17.6. The van der Waals surface area contributed by atoms with Crippen LogP contribution in [0.2, 0.25) is 10.0 Å². The van der Waals surface area contributed by atoms with Gasteiger partial charge in [-0.3, -0.25) is 19.3 Å². The Morgan fingerprint density at radius 1 is 1.17 bits per heavy atom. The third kappa shape index (κ3) is 4.12. The Kier molecular flexibility index (Phi) is 5.90. The number of benzene rings is 2. The summed E-state index contributed by atoms with van der Waals surface area (Å²) in [7, 11) is 0. The summed E-state index contributed by atoms with van der Waals surface area (Å²) >= 11 is 12.9. The van der Waals surface area contributed by atoms with Gasteiger partial charge < -0.3 is 14.8 Å². The molecule has 30 heavy (non-hydrogen) atoms. The van der Waals surface area contributed by atoms with Gasteiger partial charge in [-0.05, 0) is 47.7 Å². The largest absolute Gasteiger partial charge is 0.454 e. The predicted octanol–water partition coefficient (Wildman–Crippen LogP) is 4.19. The number of nitrogens with zero attached hydrogens (tertiary/aromatic N) is 1. The van der Waals surface area contributed by atoms with Crippen molar-refractivity contribution in [1.82, 2.24) is 10.2 Å². The number of carbonyl (C=O) groups excluding carboxylic acids is 3. The lowest BCUT2D eigenvalue weighted by molar-refractivity contribution is -0.122. The van der Waals surface area contributed by atoms with Crippen molar-refractivity contribution >= 4 is 58.1 Å². The summed E-state index contributed by atoms with van der Waals surface area (Å²) in [5.41, 5.74) is 0.940. The molecule has 7 nitrogen and oxygen atoms in total. The number of imide groups is 1. The Morgan fingerprint density at radius 2 is 1.97 bits per heavy atom. The molecule has 0 bridgehead atoms. The molecule has 0 unspecified atom stereocenters. The predicted molar refractivity (Wildman–Crippen MR) is 114 cm³/mol. The van der Waals surface area contributed by atoms with E-state index in [0.717, 1.165) is 16.7 Å². The highest BCUT2D eigenvalue weighted by Gasteiger charge is 2.34. The maximum absolute atomic E-state index is 12.6. The van der Waals surface area contributed by atoms with Gasteiger partial charge in [0.15, 0.2) is 11.5 Å². The highest BCUT2D eigenvalue weighted by atomic mass is 35.5. The molecule has 2 aliphatic rings. The molecule has 2 aromatic carbocycles. The van der Waals surface area contributed by atoms with Crippen molar-refractivity contribution in [3.63, 3.8) is 0 Å². The number of fused-ring (bicyclic) bond motifs is 1. The molecule has 10 heteroatoms. The summed E-state index contributed by atoms with van der Waals surface area (Å²) in [6, 6.07) is 9.88. The summed E-state index contributed by atoms with van der Waals surface area (Å²) in [5.74, 6) is 0.286. The molecule has 1 saturated heterocycles. The number of ether oxygens (including phenoxy) is 2. The summed E-state index contributed by atoms with van der Waals surface area (Å²) in [4.78, 5) is 38.5. The van der Waals surface area contributed by atoms with E-state index in [1.165, 1.54) is 6.08 Å². The average molecular weight is 465 g/mol. The van der Waals surface area contributed by atoms with E-state index in [4.69, 9.17) is 32.7 Å². The van der Waals surface area contributed by atoms with E-state index in [1.54, 1.807) is 36.4 Å². The number of nitrogens with one attached hydrogen (secondary N) is 1. The Hall–Kier alpha value is -2.68. The fourth-order valence-corrected chi connectivity index (χ4v) is 4.11. The highest BCUT2D eigenvalue weighted by molar-refractivity contribution is 8.18. The number of hydrogen-bond donors (Lipinski definition) is 1. The molecule has 4 rings (SSSR count). The Bertz CT molecular complexity index is 1090. The van der Waals surface area contributed by atoms with Crippen molar-refractivity contribution in [2.75, 3.05) is 19.9 Å². The van der Waals surface area contributed by atoms with E-state index < -0.39 is 11.1 Å². The van der Waals surface area contributed by atoms with Crippen molar-refractivity contribution in [2.24, 2.45) is 0 Å². The van der Waals surface area contributed by atoms with E-state index in [9.17, 15) is 14.4 Å². The molecule has 0 saturated carbocycles. The molecular weight excluding hydrogens is 451 g/mol. The van der Waals surface area contributed by atoms with E-state index in [1.807, 2.05) is 0 Å². The highest BCUT2D eigenvalue weighted by Crippen LogP contribution is 2.35. The van der Waals surface area contributed by atoms with Crippen LogP contribution in [-0.2, 0) is 4.79 Å². The Balaban J connectivity index is 1.37. The lowest BCUT2D eigenvalue weighted by Gasteiger charge is -2.13. The van der Waals surface area contributed by atoms with Crippen LogP contribution in [0.4, 0.5) is 4.79 Å². The second-order valence-corrected chi connectivity index (χ2v) is 8.08. The number of hydrogen-bond acceptors (Lipinski definition) is 6. The average Bonchev–Trinajstić information content (AvgIpc) is 3.30. The number of amides is 3. The molecule has 3 amide bonds. The topological polar surface area (TPSA) is 84.9 Å². The van der Waals surface area contributed by atoms with Crippen LogP contribution in [0.1, 0.15) is 15.9 Å². The molecule has 2 aliphatic heterocycles. The third-order valence-corrected chi connectivity index (χ3v) is 6.14. The molecule has 2 aromatic rings. The van der Waals surface area contributed by atoms with Gasteiger partial charge in [0.1, 0.15) is 0 Å². The Morgan fingerprint density at radius 3 is 2.80 bits per heavy atom. The fourth-order valence-electron chi connectivity index (χ4n) is 2.89. The van der Waals surface area contributed by atoms with Crippen LogP contribution in [0.3, 0.4) is 0 Å². The quantitative estimate of drug-likeness (QED) is 0.667. The lowest BCUT2D eigenvalue weighted by Crippen LogP contribution is -2.37. The second-order valence-electron chi connectivity index (χ2n) is 6.30. The van der Waals surface area contributed by atoms with Gasteiger partial charge in [-0.1, -0.05) is 35.3 Å². The van der Waals surface area contributed by atoms with Crippen LogP contribution in [0.15, 0.2) is 41.3 Å². The number of rotatable bonds is 5. The normalized spacial score (nSPS) is 16.5. The zero-order valence-electron chi connectivity index (χ0n) is 15.3. The van der Waals surface area contributed by atoms with Crippen molar-refractivity contribution in [3.8, 4) is 11.5 Å². The minimum atomic E-state index is -0.446. The van der Waals surface area contributed by atoms with E-state index in [2.05, 4.69) is 5.32 Å². The first-order chi connectivity index (χ1) is 14.4. The number of halogens is 2. The smallest absolute Gasteiger partial charge is 0.293 e. The van der Waals surface area contributed by atoms with Crippen LogP contribution in [-0.4, -0.2) is 41.8 Å².